The number of halogens is 1. The Labute approximate surface area is 97.6 Å². The van der Waals surface area contributed by atoms with Crippen LogP contribution in [0.2, 0.25) is 0 Å². The Balaban J connectivity index is 4.06. The quantitative estimate of drug-likeness (QED) is 0.406. The highest BCUT2D eigenvalue weighted by molar-refractivity contribution is 7.89. The highest BCUT2D eigenvalue weighted by Crippen LogP contribution is 2.02. The molecule has 0 aromatic rings. The van der Waals surface area contributed by atoms with E-state index in [4.69, 9.17) is 18.0 Å². The Morgan fingerprint density at radius 1 is 1.47 bits per heavy atom. The van der Waals surface area contributed by atoms with Crippen LogP contribution < -0.4 is 4.72 Å². The van der Waals surface area contributed by atoms with Crippen LogP contribution in [0.5, 0.6) is 0 Å². The van der Waals surface area contributed by atoms with Crippen LogP contribution in [-0.2, 0) is 10.0 Å². The number of hydrogen-bond acceptors (Lipinski definition) is 2. The molecular formula is C10H18ClNO2S. The molecule has 0 saturated carbocycles. The average molecular weight is 252 g/mol. The fourth-order valence-electron chi connectivity index (χ4n) is 1.11. The first-order valence-electron chi connectivity index (χ1n) is 5.05. The molecule has 0 aromatic heterocycles. The van der Waals surface area contributed by atoms with Gasteiger partial charge in [-0.2, -0.15) is 0 Å². The molecule has 0 radical (unpaired) electrons. The second kappa shape index (κ2) is 7.98. The van der Waals surface area contributed by atoms with Crippen molar-refractivity contribution in [1.82, 2.24) is 4.72 Å². The molecule has 0 rings (SSSR count). The van der Waals surface area contributed by atoms with Gasteiger partial charge in [0.05, 0.1) is 5.75 Å². The number of hydrogen-bond donors (Lipinski definition) is 1. The summed E-state index contributed by atoms with van der Waals surface area (Å²) in [5.74, 6) is 3.08. The Morgan fingerprint density at radius 2 is 2.13 bits per heavy atom. The van der Waals surface area contributed by atoms with E-state index in [9.17, 15) is 8.42 Å². The molecule has 1 atom stereocenters. The van der Waals surface area contributed by atoms with Gasteiger partial charge in [-0.15, -0.1) is 23.9 Å². The maximum Gasteiger partial charge on any atom is 0.211 e. The molecule has 5 heteroatoms. The molecule has 0 aliphatic rings. The first-order chi connectivity index (χ1) is 7.05. The predicted molar refractivity (Wildman–Crippen MR) is 64.4 cm³/mol. The summed E-state index contributed by atoms with van der Waals surface area (Å²) in [5.41, 5.74) is 0. The highest BCUT2D eigenvalue weighted by atomic mass is 35.5. The van der Waals surface area contributed by atoms with Crippen LogP contribution in [0.15, 0.2) is 0 Å². The lowest BCUT2D eigenvalue weighted by Crippen LogP contribution is -2.35. The van der Waals surface area contributed by atoms with E-state index in [2.05, 4.69) is 10.6 Å². The van der Waals surface area contributed by atoms with Crippen molar-refractivity contribution in [1.29, 1.82) is 0 Å². The van der Waals surface area contributed by atoms with E-state index in [0.717, 1.165) is 0 Å². The first-order valence-corrected chi connectivity index (χ1v) is 7.23. The van der Waals surface area contributed by atoms with E-state index in [0.29, 0.717) is 31.6 Å². The summed E-state index contributed by atoms with van der Waals surface area (Å²) >= 11 is 5.47. The molecule has 1 N–H and O–H groups in total. The maximum atomic E-state index is 11.5. The Kier molecular flexibility index (Phi) is 7.85. The summed E-state index contributed by atoms with van der Waals surface area (Å²) in [7, 11) is -3.19. The van der Waals surface area contributed by atoms with Crippen LogP contribution in [0.4, 0.5) is 0 Å². The third kappa shape index (κ3) is 7.66. The predicted octanol–water partition coefficient (Wildman–Crippen LogP) is 1.73. The summed E-state index contributed by atoms with van der Waals surface area (Å²) in [5, 5.41) is 0. The summed E-state index contributed by atoms with van der Waals surface area (Å²) in [6, 6.07) is -0.143. The van der Waals surface area contributed by atoms with Gasteiger partial charge in [-0.3, -0.25) is 0 Å². The fraction of sp³-hybridized carbons (Fsp3) is 0.800. The van der Waals surface area contributed by atoms with Gasteiger partial charge in [-0.25, -0.2) is 13.1 Å². The van der Waals surface area contributed by atoms with Gasteiger partial charge < -0.3 is 0 Å². The van der Waals surface area contributed by atoms with E-state index in [1.165, 1.54) is 0 Å². The molecule has 0 spiro atoms. The summed E-state index contributed by atoms with van der Waals surface area (Å²) in [4.78, 5) is 0. The minimum absolute atomic E-state index is 0.126. The molecule has 0 amide bonds. The number of terminal acetylenes is 1. The van der Waals surface area contributed by atoms with Crippen molar-refractivity contribution < 1.29 is 8.42 Å². The number of nitrogens with one attached hydrogen (secondary N) is 1. The van der Waals surface area contributed by atoms with Gasteiger partial charge in [0, 0.05) is 18.3 Å². The molecule has 0 saturated heterocycles. The van der Waals surface area contributed by atoms with E-state index in [1.54, 1.807) is 0 Å². The van der Waals surface area contributed by atoms with Crippen LogP contribution in [-0.4, -0.2) is 26.1 Å². The molecule has 0 bridgehead atoms. The molecule has 1 unspecified atom stereocenters. The zero-order valence-corrected chi connectivity index (χ0v) is 10.6. The highest BCUT2D eigenvalue weighted by Gasteiger charge is 2.14. The summed E-state index contributed by atoms with van der Waals surface area (Å²) in [6.07, 6.45) is 7.59. The second-order valence-electron chi connectivity index (χ2n) is 3.35. The molecule has 88 valence electrons. The normalized spacial score (nSPS) is 13.4. The Bertz CT molecular complexity index is 295. The van der Waals surface area contributed by atoms with Gasteiger partial charge in [-0.05, 0) is 19.3 Å². The number of unbranched alkanes of at least 4 members (excludes halogenated alkanes) is 1. The zero-order chi connectivity index (χ0) is 11.7. The van der Waals surface area contributed by atoms with E-state index in [1.807, 2.05) is 6.92 Å². The lowest BCUT2D eigenvalue weighted by Gasteiger charge is -2.14. The largest absolute Gasteiger partial charge is 0.212 e. The van der Waals surface area contributed by atoms with Gasteiger partial charge >= 0.3 is 0 Å². The smallest absolute Gasteiger partial charge is 0.211 e. The van der Waals surface area contributed by atoms with Crippen molar-refractivity contribution >= 4 is 21.6 Å². The number of sulfonamides is 1. The maximum absolute atomic E-state index is 11.5. The minimum atomic E-state index is -3.19. The zero-order valence-electron chi connectivity index (χ0n) is 9.00. The lowest BCUT2D eigenvalue weighted by atomic mass is 10.2. The minimum Gasteiger partial charge on any atom is -0.212 e. The van der Waals surface area contributed by atoms with Gasteiger partial charge in [0.2, 0.25) is 10.0 Å². The van der Waals surface area contributed by atoms with E-state index < -0.39 is 10.0 Å². The molecular weight excluding hydrogens is 234 g/mol. The SMILES string of the molecule is C#CCC(CC)NS(=O)(=O)CCCCCl. The van der Waals surface area contributed by atoms with Gasteiger partial charge in [0.25, 0.3) is 0 Å². The molecule has 0 fully saturated rings. The third-order valence-electron chi connectivity index (χ3n) is 2.00. The monoisotopic (exact) mass is 251 g/mol. The van der Waals surface area contributed by atoms with Crippen LogP contribution in [0.3, 0.4) is 0 Å². The summed E-state index contributed by atoms with van der Waals surface area (Å²) < 4.78 is 25.6. The Morgan fingerprint density at radius 3 is 2.60 bits per heavy atom. The molecule has 0 aliphatic heterocycles. The molecule has 0 aromatic carbocycles. The molecule has 3 nitrogen and oxygen atoms in total. The third-order valence-corrected chi connectivity index (χ3v) is 3.79. The average Bonchev–Trinajstić information content (AvgIpc) is 2.17. The number of rotatable bonds is 8. The van der Waals surface area contributed by atoms with Crippen molar-refractivity contribution in [2.45, 2.75) is 38.6 Å². The van der Waals surface area contributed by atoms with Crippen molar-refractivity contribution in [3.8, 4) is 12.3 Å². The van der Waals surface area contributed by atoms with Crippen molar-refractivity contribution in [2.24, 2.45) is 0 Å². The Hall–Kier alpha value is -0.240. The van der Waals surface area contributed by atoms with E-state index in [-0.39, 0.29) is 11.8 Å². The number of alkyl halides is 1. The van der Waals surface area contributed by atoms with E-state index >= 15 is 0 Å². The molecule has 15 heavy (non-hydrogen) atoms. The van der Waals surface area contributed by atoms with Crippen LogP contribution in [0.1, 0.15) is 32.6 Å². The van der Waals surface area contributed by atoms with Crippen LogP contribution in [0.25, 0.3) is 0 Å². The molecule has 0 heterocycles. The second-order valence-corrected chi connectivity index (χ2v) is 5.60. The lowest BCUT2D eigenvalue weighted by molar-refractivity contribution is 0.542. The van der Waals surface area contributed by atoms with Gasteiger partial charge in [-0.1, -0.05) is 6.92 Å². The first kappa shape index (κ1) is 14.8. The van der Waals surface area contributed by atoms with Crippen molar-refractivity contribution in [3.05, 3.63) is 0 Å². The van der Waals surface area contributed by atoms with Gasteiger partial charge in [0.1, 0.15) is 0 Å². The van der Waals surface area contributed by atoms with Crippen LogP contribution in [0, 0.1) is 12.3 Å². The topological polar surface area (TPSA) is 46.2 Å². The fourth-order valence-corrected chi connectivity index (χ4v) is 2.76. The standard InChI is InChI=1S/C10H18ClNO2S/c1-3-7-10(4-2)12-15(13,14)9-6-5-8-11/h1,10,12H,4-9H2,2H3. The van der Waals surface area contributed by atoms with Gasteiger partial charge in [0.15, 0.2) is 0 Å². The van der Waals surface area contributed by atoms with Crippen LogP contribution >= 0.6 is 11.6 Å². The van der Waals surface area contributed by atoms with Crippen molar-refractivity contribution in [2.75, 3.05) is 11.6 Å². The van der Waals surface area contributed by atoms with Crippen molar-refractivity contribution in [3.63, 3.8) is 0 Å². The summed E-state index contributed by atoms with van der Waals surface area (Å²) in [6.45, 7) is 1.91. The molecule has 0 aliphatic carbocycles.